The molecule has 6 rings (SSSR count). The van der Waals surface area contributed by atoms with Crippen LogP contribution in [0.5, 0.6) is 0 Å². The molecule has 0 aliphatic carbocycles. The van der Waals surface area contributed by atoms with E-state index in [1.807, 2.05) is 35.1 Å². The summed E-state index contributed by atoms with van der Waals surface area (Å²) in [6, 6.07) is 3.92. The second-order valence-electron chi connectivity index (χ2n) is 9.20. The molecule has 5 N–H and O–H groups in total. The van der Waals surface area contributed by atoms with Crippen molar-refractivity contribution in [1.29, 1.82) is 0 Å². The van der Waals surface area contributed by atoms with Crippen molar-refractivity contribution in [2.24, 2.45) is 11.1 Å². The molecule has 6 heterocycles. The lowest BCUT2D eigenvalue weighted by Gasteiger charge is -2.41. The van der Waals surface area contributed by atoms with Crippen molar-refractivity contribution in [3.05, 3.63) is 53.8 Å². The van der Waals surface area contributed by atoms with Gasteiger partial charge in [-0.3, -0.25) is 9.08 Å². The van der Waals surface area contributed by atoms with Crippen LogP contribution in [-0.4, -0.2) is 59.5 Å². The monoisotopic (exact) mass is 581 g/mol. The summed E-state index contributed by atoms with van der Waals surface area (Å²) in [5, 5.41) is 12.0. The molecule has 1 atom stereocenters. The molecule has 0 amide bonds. The zero-order chi connectivity index (χ0) is 27.9. The van der Waals surface area contributed by atoms with Gasteiger partial charge in [-0.25, -0.2) is 19.7 Å². The van der Waals surface area contributed by atoms with Gasteiger partial charge in [0.1, 0.15) is 5.82 Å². The van der Waals surface area contributed by atoms with E-state index in [0.29, 0.717) is 10.8 Å². The van der Waals surface area contributed by atoms with Gasteiger partial charge in [0, 0.05) is 60.9 Å². The maximum absolute atomic E-state index is 10.6. The van der Waals surface area contributed by atoms with Crippen molar-refractivity contribution < 1.29 is 23.1 Å². The number of aliphatic carboxylic acids is 1. The maximum atomic E-state index is 10.6. The van der Waals surface area contributed by atoms with Crippen molar-refractivity contribution in [1.82, 2.24) is 29.1 Å². The summed E-state index contributed by atoms with van der Waals surface area (Å²) in [6.07, 6.45) is 6.00. The van der Waals surface area contributed by atoms with Crippen LogP contribution in [0.3, 0.4) is 0 Å². The molecule has 16 heteroatoms. The van der Waals surface area contributed by atoms with Gasteiger partial charge in [0.2, 0.25) is 5.95 Å². The molecule has 11 nitrogen and oxygen atoms in total. The van der Waals surface area contributed by atoms with Crippen molar-refractivity contribution in [3.8, 4) is 0 Å². The molecule has 2 aliphatic heterocycles. The average molecular weight is 582 g/mol. The number of fused-ring (bicyclic) bond motifs is 2. The lowest BCUT2D eigenvalue weighted by Crippen LogP contribution is -2.45. The lowest BCUT2D eigenvalue weighted by molar-refractivity contribution is -0.192. The Morgan fingerprint density at radius 2 is 1.85 bits per heavy atom. The first kappa shape index (κ1) is 27.0. The number of rotatable bonds is 3. The minimum Gasteiger partial charge on any atom is -0.475 e. The molecular formula is C23H23ClF3N9O2S. The maximum Gasteiger partial charge on any atom is 0.490 e. The summed E-state index contributed by atoms with van der Waals surface area (Å²) in [5.41, 5.74) is 14.5. The molecule has 0 radical (unpaired) electrons. The summed E-state index contributed by atoms with van der Waals surface area (Å²) in [7, 11) is 0. The molecule has 0 aromatic carbocycles. The molecular weight excluding hydrogens is 559 g/mol. The third-order valence-corrected chi connectivity index (χ3v) is 8.53. The molecule has 2 aliphatic rings. The molecule has 1 fully saturated rings. The van der Waals surface area contributed by atoms with E-state index in [1.54, 1.807) is 12.4 Å². The number of carboxylic acids is 1. The molecule has 0 saturated carbocycles. The smallest absolute Gasteiger partial charge is 0.475 e. The van der Waals surface area contributed by atoms with E-state index >= 15 is 0 Å². The number of aromatic nitrogens is 6. The molecule has 1 spiro atoms. The highest BCUT2D eigenvalue weighted by Gasteiger charge is 2.47. The van der Waals surface area contributed by atoms with Crippen molar-refractivity contribution in [2.75, 3.05) is 23.7 Å². The number of hydrogen-bond donors (Lipinski definition) is 3. The van der Waals surface area contributed by atoms with Gasteiger partial charge in [-0.1, -0.05) is 23.4 Å². The van der Waals surface area contributed by atoms with Crippen LogP contribution in [0.25, 0.3) is 5.65 Å². The van der Waals surface area contributed by atoms with Crippen LogP contribution in [0.2, 0.25) is 5.02 Å². The average Bonchev–Trinajstić information content (AvgIpc) is 3.61. The normalized spacial score (nSPS) is 18.2. The topological polar surface area (TPSA) is 153 Å². The third kappa shape index (κ3) is 5.08. The van der Waals surface area contributed by atoms with Gasteiger partial charge in [0.15, 0.2) is 5.65 Å². The highest BCUT2D eigenvalue weighted by Crippen LogP contribution is 2.48. The number of alkyl halides is 3. The van der Waals surface area contributed by atoms with Crippen LogP contribution in [0.1, 0.15) is 24.6 Å². The Bertz CT molecular complexity index is 1520. The van der Waals surface area contributed by atoms with Crippen LogP contribution in [0, 0.1) is 5.41 Å². The zero-order valence-corrected chi connectivity index (χ0v) is 21.8. The Kier molecular flexibility index (Phi) is 7.07. The van der Waals surface area contributed by atoms with Gasteiger partial charge >= 0.3 is 12.1 Å². The fraction of sp³-hybridized carbons (Fsp3) is 0.348. The number of carbonyl (C=O) groups is 1. The van der Waals surface area contributed by atoms with Gasteiger partial charge in [-0.05, 0) is 25.0 Å². The van der Waals surface area contributed by atoms with E-state index in [2.05, 4.69) is 24.6 Å². The summed E-state index contributed by atoms with van der Waals surface area (Å²) in [4.78, 5) is 26.4. The number of imidazole rings is 1. The Morgan fingerprint density at radius 3 is 2.51 bits per heavy atom. The SMILES string of the molecule is Nc1nccc(Sc2cnc(N3CCC4(CC3)Cn3nccc3[C@H]4N)n3ccnc23)c1Cl.O=C(O)C(F)(F)F. The number of pyridine rings is 1. The van der Waals surface area contributed by atoms with E-state index in [1.165, 1.54) is 11.8 Å². The fourth-order valence-electron chi connectivity index (χ4n) is 4.90. The number of nitrogens with zero attached hydrogens (tertiary/aromatic N) is 7. The highest BCUT2D eigenvalue weighted by molar-refractivity contribution is 7.99. The van der Waals surface area contributed by atoms with Crippen LogP contribution in [0.4, 0.5) is 24.9 Å². The molecule has 0 unspecified atom stereocenters. The third-order valence-electron chi connectivity index (χ3n) is 6.95. The molecule has 1 saturated heterocycles. The zero-order valence-electron chi connectivity index (χ0n) is 20.2. The standard InChI is InChI=1S/C21H22ClN9S.C2HF3O2/c22-16-14(2-5-25-18(16)24)32-15-11-27-20(30-10-7-26-19(15)30)29-8-3-21(4-9-29)12-31-13(17(21)23)1-6-28-31;3-2(4,5)1(6)7/h1-2,5-7,10-11,17H,3-4,8-9,12,23H2,(H2,24,25);(H,6,7)/t17-;/m1./s1. The van der Waals surface area contributed by atoms with Gasteiger partial charge in [-0.15, -0.1) is 0 Å². The van der Waals surface area contributed by atoms with E-state index in [9.17, 15) is 13.2 Å². The summed E-state index contributed by atoms with van der Waals surface area (Å²) >= 11 is 7.82. The quantitative estimate of drug-likeness (QED) is 0.327. The number of anilines is 2. The van der Waals surface area contributed by atoms with E-state index in [4.69, 9.17) is 38.0 Å². The van der Waals surface area contributed by atoms with Crippen LogP contribution >= 0.6 is 23.4 Å². The second-order valence-corrected chi connectivity index (χ2v) is 10.7. The molecule has 4 aromatic heterocycles. The number of nitrogen functional groups attached to an aromatic ring is 1. The Balaban J connectivity index is 0.000000392. The highest BCUT2D eigenvalue weighted by atomic mass is 35.5. The first-order valence-corrected chi connectivity index (χ1v) is 12.9. The second kappa shape index (κ2) is 10.2. The number of carboxylic acid groups (broad SMARTS) is 1. The largest absolute Gasteiger partial charge is 0.490 e. The molecule has 39 heavy (non-hydrogen) atoms. The van der Waals surface area contributed by atoms with Crippen LogP contribution in [0.15, 0.2) is 52.9 Å². The number of halogens is 4. The Morgan fingerprint density at radius 1 is 1.13 bits per heavy atom. The van der Waals surface area contributed by atoms with Gasteiger partial charge < -0.3 is 21.5 Å². The number of piperidine rings is 1. The van der Waals surface area contributed by atoms with E-state index < -0.39 is 12.1 Å². The van der Waals surface area contributed by atoms with Crippen molar-refractivity contribution in [2.45, 2.75) is 41.4 Å². The Hall–Kier alpha value is -3.56. The van der Waals surface area contributed by atoms with Crippen molar-refractivity contribution in [3.63, 3.8) is 0 Å². The molecule has 4 aromatic rings. The Labute approximate surface area is 229 Å². The van der Waals surface area contributed by atoms with Gasteiger partial charge in [0.25, 0.3) is 0 Å². The first-order valence-electron chi connectivity index (χ1n) is 11.7. The molecule has 206 valence electrons. The van der Waals surface area contributed by atoms with Crippen molar-refractivity contribution >= 4 is 46.7 Å². The predicted octanol–water partition coefficient (Wildman–Crippen LogP) is 3.64. The lowest BCUT2D eigenvalue weighted by atomic mass is 9.74. The minimum atomic E-state index is -5.08. The van der Waals surface area contributed by atoms with Gasteiger partial charge in [-0.2, -0.15) is 18.3 Å². The number of hydrogen-bond acceptors (Lipinski definition) is 9. The first-order chi connectivity index (χ1) is 18.5. The van der Waals surface area contributed by atoms with E-state index in [0.717, 1.165) is 59.6 Å². The van der Waals surface area contributed by atoms with E-state index in [-0.39, 0.29) is 11.5 Å². The summed E-state index contributed by atoms with van der Waals surface area (Å²) in [6.45, 7) is 2.67. The fourth-order valence-corrected chi connectivity index (χ4v) is 6.03. The predicted molar refractivity (Wildman–Crippen MR) is 137 cm³/mol. The molecule has 0 bridgehead atoms. The number of nitrogens with two attached hydrogens (primary N) is 2. The summed E-state index contributed by atoms with van der Waals surface area (Å²) in [5.74, 6) is -1.55. The minimum absolute atomic E-state index is 0.0321. The van der Waals surface area contributed by atoms with Crippen LogP contribution in [-0.2, 0) is 11.3 Å². The van der Waals surface area contributed by atoms with Gasteiger partial charge in [0.05, 0.1) is 21.7 Å². The summed E-state index contributed by atoms with van der Waals surface area (Å²) < 4.78 is 35.8. The van der Waals surface area contributed by atoms with Crippen LogP contribution < -0.4 is 16.4 Å².